The molecule has 0 aromatic heterocycles. The van der Waals surface area contributed by atoms with Crippen LogP contribution in [-0.4, -0.2) is 78.5 Å². The lowest BCUT2D eigenvalue weighted by Gasteiger charge is -2.26. The first-order valence-corrected chi connectivity index (χ1v) is 10.9. The summed E-state index contributed by atoms with van der Waals surface area (Å²) in [7, 11) is 3.31. The van der Waals surface area contributed by atoms with Crippen molar-refractivity contribution >= 4 is 35.4 Å². The van der Waals surface area contributed by atoms with Gasteiger partial charge >= 0.3 is 12.1 Å². The first-order chi connectivity index (χ1) is 13.5. The van der Waals surface area contributed by atoms with Crippen LogP contribution < -0.4 is 16.0 Å². The summed E-state index contributed by atoms with van der Waals surface area (Å²) < 4.78 is 5.32. The van der Waals surface area contributed by atoms with Gasteiger partial charge in [0, 0.05) is 51.4 Å². The number of nitrogens with one attached hydrogen (secondary N) is 3. The second-order valence-electron chi connectivity index (χ2n) is 7.55. The highest BCUT2D eigenvalue weighted by atomic mass is 35.5. The summed E-state index contributed by atoms with van der Waals surface area (Å²) in [6, 6.07) is -0.219. The van der Waals surface area contributed by atoms with Crippen LogP contribution in [0.4, 0.5) is 9.59 Å². The molecular weight excluding hydrogens is 402 g/mol. The van der Waals surface area contributed by atoms with Crippen LogP contribution in [0.15, 0.2) is 23.4 Å². The molecule has 3 unspecified atom stereocenters. The normalized spacial score (nSPS) is 34.3. The zero-order valence-corrected chi connectivity index (χ0v) is 17.6. The summed E-state index contributed by atoms with van der Waals surface area (Å²) in [5.74, 6) is 0. The Balaban J connectivity index is 1.53. The summed E-state index contributed by atoms with van der Waals surface area (Å²) in [6.45, 7) is 2.51. The number of thioether (sulfide) groups is 1. The van der Waals surface area contributed by atoms with E-state index in [9.17, 15) is 9.59 Å². The third kappa shape index (κ3) is 3.49. The summed E-state index contributed by atoms with van der Waals surface area (Å²) >= 11 is 7.96. The van der Waals surface area contributed by atoms with Crippen molar-refractivity contribution in [3.63, 3.8) is 0 Å². The van der Waals surface area contributed by atoms with Gasteiger partial charge in [0.25, 0.3) is 0 Å². The van der Waals surface area contributed by atoms with Gasteiger partial charge in [0.15, 0.2) is 0 Å². The summed E-state index contributed by atoms with van der Waals surface area (Å²) in [4.78, 5) is 28.8. The molecule has 3 N–H and O–H groups in total. The number of urea groups is 2. The first kappa shape index (κ1) is 19.9. The molecular formula is C18H26ClN5O3S. The number of halogens is 1. The van der Waals surface area contributed by atoms with Crippen LogP contribution in [0.2, 0.25) is 0 Å². The van der Waals surface area contributed by atoms with Crippen molar-refractivity contribution in [1.82, 2.24) is 25.8 Å². The number of hydrogen-bond acceptors (Lipinski definition) is 5. The largest absolute Gasteiger partial charge is 0.369 e. The van der Waals surface area contributed by atoms with Crippen molar-refractivity contribution in [2.24, 2.45) is 5.41 Å². The summed E-state index contributed by atoms with van der Waals surface area (Å²) in [6.07, 6.45) is 5.64. The standard InChI is InChI=1S/C18H26ClN5O3S/c1-20-16(25)23-6-5-18(9-23)10-24(13-4-3-11(19)7-12(13)18)17(26)22-15-21-8-14(27-2)28-15/h4,7,11,14-15,21H,3,5-6,8-10H2,1-2H3,(H,20,25)(H,22,26)/t11?,14?,15?,18-/m1/s1. The minimum atomic E-state index is -0.255. The van der Waals surface area contributed by atoms with E-state index in [1.807, 2.05) is 9.80 Å². The van der Waals surface area contributed by atoms with Crippen molar-refractivity contribution in [1.29, 1.82) is 0 Å². The van der Waals surface area contributed by atoms with Gasteiger partial charge in [0.2, 0.25) is 0 Å². The van der Waals surface area contributed by atoms with E-state index in [4.69, 9.17) is 16.3 Å². The number of alkyl halides is 1. The van der Waals surface area contributed by atoms with Crippen LogP contribution in [0.1, 0.15) is 12.8 Å². The van der Waals surface area contributed by atoms with Gasteiger partial charge in [0.1, 0.15) is 10.9 Å². The van der Waals surface area contributed by atoms with E-state index in [1.165, 1.54) is 0 Å². The number of rotatable bonds is 2. The second kappa shape index (κ2) is 7.78. The van der Waals surface area contributed by atoms with E-state index in [0.717, 1.165) is 17.7 Å². The molecule has 154 valence electrons. The van der Waals surface area contributed by atoms with E-state index >= 15 is 0 Å². The molecule has 4 rings (SSSR count). The average Bonchev–Trinajstić information content (AvgIpc) is 3.40. The number of likely N-dealkylation sites (tertiary alicyclic amines) is 2. The van der Waals surface area contributed by atoms with E-state index in [1.54, 1.807) is 25.9 Å². The smallest absolute Gasteiger partial charge is 0.323 e. The molecule has 3 heterocycles. The van der Waals surface area contributed by atoms with E-state index < -0.39 is 0 Å². The van der Waals surface area contributed by atoms with Crippen LogP contribution >= 0.6 is 23.4 Å². The molecule has 28 heavy (non-hydrogen) atoms. The third-order valence-corrected chi connectivity index (χ3v) is 7.38. The highest BCUT2D eigenvalue weighted by Crippen LogP contribution is 2.50. The SMILES string of the molecule is CNC(=O)N1CC[C@@]2(C1)CN(C(=O)NC1NCC(OC)S1)C1=CCC(Cl)C=C12. The summed E-state index contributed by atoms with van der Waals surface area (Å²) in [5, 5.41) is 8.91. The fraction of sp³-hybridized carbons (Fsp3) is 0.667. The number of carbonyl (C=O) groups is 2. The van der Waals surface area contributed by atoms with Crippen molar-refractivity contribution in [2.45, 2.75) is 29.2 Å². The molecule has 1 spiro atoms. The maximum atomic E-state index is 13.1. The van der Waals surface area contributed by atoms with Crippen LogP contribution in [0.25, 0.3) is 0 Å². The fourth-order valence-corrected chi connectivity index (χ4v) is 5.63. The van der Waals surface area contributed by atoms with Crippen LogP contribution in [-0.2, 0) is 4.74 Å². The van der Waals surface area contributed by atoms with Crippen molar-refractivity contribution in [3.05, 3.63) is 23.4 Å². The molecule has 1 aliphatic carbocycles. The molecule has 3 fully saturated rings. The predicted molar refractivity (Wildman–Crippen MR) is 109 cm³/mol. The Bertz CT molecular complexity index is 732. The number of allylic oxidation sites excluding steroid dienone is 3. The Labute approximate surface area is 174 Å². The Kier molecular flexibility index (Phi) is 5.52. The van der Waals surface area contributed by atoms with Gasteiger partial charge in [-0.1, -0.05) is 23.9 Å². The minimum Gasteiger partial charge on any atom is -0.369 e. The lowest BCUT2D eigenvalue weighted by molar-refractivity contribution is 0.178. The number of ether oxygens (including phenoxy) is 1. The van der Waals surface area contributed by atoms with Gasteiger partial charge in [-0.2, -0.15) is 0 Å². The zero-order chi connectivity index (χ0) is 19.9. The quantitative estimate of drug-likeness (QED) is 0.581. The summed E-state index contributed by atoms with van der Waals surface area (Å²) in [5.41, 5.74) is 1.63. The molecule has 4 amide bonds. The molecule has 0 radical (unpaired) electrons. The molecule has 0 bridgehead atoms. The zero-order valence-electron chi connectivity index (χ0n) is 16.0. The number of hydrogen-bond donors (Lipinski definition) is 3. The molecule has 10 heteroatoms. The molecule has 0 aromatic carbocycles. The molecule has 4 aliphatic rings. The van der Waals surface area contributed by atoms with E-state index in [0.29, 0.717) is 32.6 Å². The molecule has 3 aliphatic heterocycles. The van der Waals surface area contributed by atoms with Crippen molar-refractivity contribution < 1.29 is 14.3 Å². The maximum Gasteiger partial charge on any atom is 0.323 e. The van der Waals surface area contributed by atoms with E-state index in [2.05, 4.69) is 28.1 Å². The van der Waals surface area contributed by atoms with Gasteiger partial charge < -0.3 is 20.3 Å². The van der Waals surface area contributed by atoms with E-state index in [-0.39, 0.29) is 33.8 Å². The van der Waals surface area contributed by atoms with Crippen LogP contribution in [0.3, 0.4) is 0 Å². The number of carbonyl (C=O) groups excluding carboxylic acids is 2. The fourth-order valence-electron chi connectivity index (χ4n) is 4.44. The molecule has 8 nitrogen and oxygen atoms in total. The number of fused-ring (bicyclic) bond motifs is 2. The number of amides is 4. The molecule has 0 saturated carbocycles. The lowest BCUT2D eigenvalue weighted by Crippen LogP contribution is -2.47. The third-order valence-electron chi connectivity index (χ3n) is 5.86. The monoisotopic (exact) mass is 427 g/mol. The van der Waals surface area contributed by atoms with Crippen LogP contribution in [0, 0.1) is 5.41 Å². The van der Waals surface area contributed by atoms with Crippen molar-refractivity contribution in [3.8, 4) is 0 Å². The lowest BCUT2D eigenvalue weighted by atomic mass is 9.79. The van der Waals surface area contributed by atoms with Gasteiger partial charge in [-0.15, -0.1) is 11.6 Å². The second-order valence-corrected chi connectivity index (χ2v) is 9.38. The Morgan fingerprint density at radius 1 is 1.39 bits per heavy atom. The minimum absolute atomic E-state index is 0.0347. The Morgan fingerprint density at radius 2 is 2.21 bits per heavy atom. The predicted octanol–water partition coefficient (Wildman–Crippen LogP) is 1.46. The first-order valence-electron chi connectivity index (χ1n) is 9.49. The Morgan fingerprint density at radius 3 is 2.93 bits per heavy atom. The van der Waals surface area contributed by atoms with Gasteiger partial charge in [-0.05, 0) is 18.4 Å². The Hall–Kier alpha value is -1.42. The maximum absolute atomic E-state index is 13.1. The van der Waals surface area contributed by atoms with Gasteiger partial charge in [-0.3, -0.25) is 10.2 Å². The average molecular weight is 428 g/mol. The van der Waals surface area contributed by atoms with Crippen molar-refractivity contribution in [2.75, 3.05) is 40.3 Å². The van der Waals surface area contributed by atoms with Gasteiger partial charge in [0.05, 0.1) is 5.38 Å². The highest BCUT2D eigenvalue weighted by Gasteiger charge is 2.52. The van der Waals surface area contributed by atoms with Gasteiger partial charge in [-0.25, -0.2) is 9.59 Å². The molecule has 3 saturated heterocycles. The van der Waals surface area contributed by atoms with Crippen LogP contribution in [0.5, 0.6) is 0 Å². The number of methoxy groups -OCH3 is 1. The molecule has 4 atom stereocenters. The topological polar surface area (TPSA) is 85.9 Å². The highest BCUT2D eigenvalue weighted by molar-refractivity contribution is 8.00. The number of nitrogens with zero attached hydrogens (tertiary/aromatic N) is 2. The molecule has 0 aromatic rings.